The van der Waals surface area contributed by atoms with Crippen LogP contribution in [-0.2, 0) is 13.0 Å². The van der Waals surface area contributed by atoms with Gasteiger partial charge in [-0.2, -0.15) is 0 Å². The molecule has 128 valence electrons. The molecule has 0 aliphatic carbocycles. The number of para-hydroxylation sites is 3. The number of hydrogen-bond donors (Lipinski definition) is 2. The Hall–Kier alpha value is -2.59. The zero-order valence-corrected chi connectivity index (χ0v) is 14.8. The Balaban J connectivity index is 1.77. The van der Waals surface area contributed by atoms with Crippen molar-refractivity contribution in [2.24, 2.45) is 5.73 Å². The summed E-state index contributed by atoms with van der Waals surface area (Å²) in [5.74, 6) is 1.17. The smallest absolute Gasteiger partial charge is 0.111 e. The van der Waals surface area contributed by atoms with Crippen LogP contribution in [0.2, 0.25) is 0 Å². The Morgan fingerprint density at radius 1 is 1.12 bits per heavy atom. The van der Waals surface area contributed by atoms with E-state index in [0.717, 1.165) is 29.8 Å². The van der Waals surface area contributed by atoms with Gasteiger partial charge in [0.05, 0.1) is 11.0 Å². The molecule has 2 heterocycles. The van der Waals surface area contributed by atoms with Crippen LogP contribution < -0.4 is 5.73 Å². The first-order valence-corrected chi connectivity index (χ1v) is 8.94. The molecule has 0 aliphatic heterocycles. The highest BCUT2D eigenvalue weighted by molar-refractivity contribution is 5.85. The van der Waals surface area contributed by atoms with Crippen LogP contribution in [0.4, 0.5) is 0 Å². The summed E-state index contributed by atoms with van der Waals surface area (Å²) in [7, 11) is 0. The average Bonchev–Trinajstić information content (AvgIpc) is 3.18. The molecule has 4 nitrogen and oxygen atoms in total. The SMILES string of the molecule is CCn1c(C)c(CC(CN)c2nc3ccccc3[nH]2)c2ccccc21. The maximum atomic E-state index is 6.14. The number of nitrogens with one attached hydrogen (secondary N) is 1. The van der Waals surface area contributed by atoms with Crippen molar-refractivity contribution in [3.8, 4) is 0 Å². The zero-order valence-electron chi connectivity index (χ0n) is 14.8. The molecule has 25 heavy (non-hydrogen) atoms. The summed E-state index contributed by atoms with van der Waals surface area (Å²) in [6.45, 7) is 5.96. The molecule has 3 N–H and O–H groups in total. The number of aromatic nitrogens is 3. The maximum absolute atomic E-state index is 6.14. The molecule has 2 aromatic carbocycles. The Morgan fingerprint density at radius 2 is 1.88 bits per heavy atom. The summed E-state index contributed by atoms with van der Waals surface area (Å²) in [5.41, 5.74) is 12.2. The summed E-state index contributed by atoms with van der Waals surface area (Å²) >= 11 is 0. The van der Waals surface area contributed by atoms with E-state index in [4.69, 9.17) is 10.7 Å². The van der Waals surface area contributed by atoms with Gasteiger partial charge in [-0.05, 0) is 44.0 Å². The van der Waals surface area contributed by atoms with Gasteiger partial charge in [0.2, 0.25) is 0 Å². The largest absolute Gasteiger partial charge is 0.345 e. The second kappa shape index (κ2) is 6.37. The van der Waals surface area contributed by atoms with Crippen LogP contribution >= 0.6 is 0 Å². The van der Waals surface area contributed by atoms with Crippen LogP contribution in [0, 0.1) is 6.92 Å². The lowest BCUT2D eigenvalue weighted by molar-refractivity contribution is 0.653. The highest BCUT2D eigenvalue weighted by Gasteiger charge is 2.20. The molecule has 1 atom stereocenters. The minimum atomic E-state index is 0.183. The van der Waals surface area contributed by atoms with Crippen molar-refractivity contribution in [2.75, 3.05) is 6.54 Å². The summed E-state index contributed by atoms with van der Waals surface area (Å²) in [5, 5.41) is 1.33. The quantitative estimate of drug-likeness (QED) is 0.577. The third-order valence-corrected chi connectivity index (χ3v) is 5.21. The van der Waals surface area contributed by atoms with Crippen LogP contribution in [0.3, 0.4) is 0 Å². The van der Waals surface area contributed by atoms with Gasteiger partial charge in [0.1, 0.15) is 5.82 Å². The predicted molar refractivity (Wildman–Crippen MR) is 104 cm³/mol. The first-order chi connectivity index (χ1) is 12.2. The number of fused-ring (bicyclic) bond motifs is 2. The number of benzene rings is 2. The number of hydrogen-bond acceptors (Lipinski definition) is 2. The average molecular weight is 332 g/mol. The van der Waals surface area contributed by atoms with Crippen LogP contribution in [-0.4, -0.2) is 21.1 Å². The molecule has 4 aromatic rings. The van der Waals surface area contributed by atoms with Crippen molar-refractivity contribution in [3.05, 3.63) is 65.6 Å². The van der Waals surface area contributed by atoms with Gasteiger partial charge in [-0.15, -0.1) is 0 Å². The van der Waals surface area contributed by atoms with Crippen molar-refractivity contribution in [3.63, 3.8) is 0 Å². The molecular weight excluding hydrogens is 308 g/mol. The van der Waals surface area contributed by atoms with Crippen LogP contribution in [0.25, 0.3) is 21.9 Å². The molecule has 0 radical (unpaired) electrons. The van der Waals surface area contributed by atoms with E-state index in [2.05, 4.69) is 53.7 Å². The lowest BCUT2D eigenvalue weighted by Crippen LogP contribution is -2.17. The van der Waals surface area contributed by atoms with E-state index in [1.54, 1.807) is 0 Å². The fourth-order valence-corrected chi connectivity index (χ4v) is 3.87. The van der Waals surface area contributed by atoms with Gasteiger partial charge in [-0.3, -0.25) is 0 Å². The second-order valence-electron chi connectivity index (χ2n) is 6.60. The van der Waals surface area contributed by atoms with Gasteiger partial charge >= 0.3 is 0 Å². The Morgan fingerprint density at radius 3 is 2.64 bits per heavy atom. The fourth-order valence-electron chi connectivity index (χ4n) is 3.87. The lowest BCUT2D eigenvalue weighted by Gasteiger charge is -2.13. The van der Waals surface area contributed by atoms with Crippen molar-refractivity contribution in [2.45, 2.75) is 32.7 Å². The van der Waals surface area contributed by atoms with Crippen molar-refractivity contribution in [1.82, 2.24) is 14.5 Å². The number of imidazole rings is 1. The molecule has 1 unspecified atom stereocenters. The highest BCUT2D eigenvalue weighted by Crippen LogP contribution is 2.30. The molecule has 0 saturated carbocycles. The lowest BCUT2D eigenvalue weighted by atomic mass is 9.96. The van der Waals surface area contributed by atoms with Crippen molar-refractivity contribution < 1.29 is 0 Å². The molecule has 0 saturated heterocycles. The summed E-state index contributed by atoms with van der Waals surface area (Å²) in [6.07, 6.45) is 0.898. The molecule has 0 spiro atoms. The van der Waals surface area contributed by atoms with E-state index < -0.39 is 0 Å². The molecular formula is C21H24N4. The number of aromatic amines is 1. The van der Waals surface area contributed by atoms with E-state index >= 15 is 0 Å². The summed E-state index contributed by atoms with van der Waals surface area (Å²) in [6, 6.07) is 16.8. The summed E-state index contributed by atoms with van der Waals surface area (Å²) < 4.78 is 2.39. The fraction of sp³-hybridized carbons (Fsp3) is 0.286. The Kier molecular flexibility index (Phi) is 4.06. The second-order valence-corrected chi connectivity index (χ2v) is 6.60. The molecule has 0 fully saturated rings. The Bertz CT molecular complexity index is 992. The van der Waals surface area contributed by atoms with E-state index in [0.29, 0.717) is 6.54 Å². The minimum Gasteiger partial charge on any atom is -0.345 e. The van der Waals surface area contributed by atoms with Gasteiger partial charge in [-0.1, -0.05) is 30.3 Å². The third-order valence-electron chi connectivity index (χ3n) is 5.21. The van der Waals surface area contributed by atoms with Gasteiger partial charge in [0.15, 0.2) is 0 Å². The number of H-pyrrole nitrogens is 1. The maximum Gasteiger partial charge on any atom is 0.111 e. The van der Waals surface area contributed by atoms with Crippen molar-refractivity contribution in [1.29, 1.82) is 0 Å². The number of nitrogens with zero attached hydrogens (tertiary/aromatic N) is 2. The normalized spacial score (nSPS) is 12.9. The van der Waals surface area contributed by atoms with Gasteiger partial charge in [-0.25, -0.2) is 4.98 Å². The molecule has 4 rings (SSSR count). The molecule has 4 heteroatoms. The molecule has 0 aliphatic rings. The predicted octanol–water partition coefficient (Wildman–Crippen LogP) is 4.13. The Labute approximate surface area is 147 Å². The first kappa shape index (κ1) is 15.9. The highest BCUT2D eigenvalue weighted by atomic mass is 15.0. The molecule has 2 aromatic heterocycles. The molecule has 0 amide bonds. The van der Waals surface area contributed by atoms with E-state index in [1.807, 2.05) is 18.2 Å². The van der Waals surface area contributed by atoms with Crippen LogP contribution in [0.5, 0.6) is 0 Å². The molecule has 0 bridgehead atoms. The number of aryl methyl sites for hydroxylation is 1. The van der Waals surface area contributed by atoms with E-state index in [-0.39, 0.29) is 5.92 Å². The summed E-state index contributed by atoms with van der Waals surface area (Å²) in [4.78, 5) is 8.23. The third kappa shape index (κ3) is 2.63. The van der Waals surface area contributed by atoms with Gasteiger partial charge in [0.25, 0.3) is 0 Å². The standard InChI is InChI=1S/C21H24N4/c1-3-25-14(2)17(16-8-4-7-11-20(16)25)12-15(13-22)21-23-18-9-5-6-10-19(18)24-21/h4-11,15H,3,12-13,22H2,1-2H3,(H,23,24). The number of nitrogens with two attached hydrogens (primary N) is 1. The number of rotatable bonds is 5. The monoisotopic (exact) mass is 332 g/mol. The van der Waals surface area contributed by atoms with E-state index in [1.165, 1.54) is 22.2 Å². The zero-order chi connectivity index (χ0) is 17.4. The topological polar surface area (TPSA) is 59.6 Å². The van der Waals surface area contributed by atoms with Gasteiger partial charge < -0.3 is 15.3 Å². The van der Waals surface area contributed by atoms with E-state index in [9.17, 15) is 0 Å². The van der Waals surface area contributed by atoms with Crippen LogP contribution in [0.1, 0.15) is 29.9 Å². The van der Waals surface area contributed by atoms with Crippen LogP contribution in [0.15, 0.2) is 48.5 Å². The first-order valence-electron chi connectivity index (χ1n) is 8.94. The minimum absolute atomic E-state index is 0.183. The van der Waals surface area contributed by atoms with Gasteiger partial charge in [0, 0.05) is 35.6 Å². The van der Waals surface area contributed by atoms with Crippen molar-refractivity contribution >= 4 is 21.9 Å².